The van der Waals surface area contributed by atoms with Gasteiger partial charge in [-0.2, -0.15) is 0 Å². The van der Waals surface area contributed by atoms with E-state index in [4.69, 9.17) is 0 Å². The van der Waals surface area contributed by atoms with Crippen molar-refractivity contribution in [3.63, 3.8) is 0 Å². The molecular formula is C33H42BrN3O4S. The molecule has 0 aromatic heterocycles. The molecule has 0 radical (unpaired) electrons. The zero-order valence-corrected chi connectivity index (χ0v) is 27.5. The Kier molecular flexibility index (Phi) is 12.2. The summed E-state index contributed by atoms with van der Waals surface area (Å²) in [5, 5.41) is 3.03. The van der Waals surface area contributed by atoms with Crippen molar-refractivity contribution in [1.82, 2.24) is 10.2 Å². The summed E-state index contributed by atoms with van der Waals surface area (Å²) in [5.74, 6) is -0.146. The molecule has 1 atom stereocenters. The minimum atomic E-state index is -3.56. The summed E-state index contributed by atoms with van der Waals surface area (Å²) in [6, 6.07) is 22.2. The number of hydrogen-bond acceptors (Lipinski definition) is 4. The second kappa shape index (κ2) is 15.3. The van der Waals surface area contributed by atoms with Crippen LogP contribution >= 0.6 is 15.9 Å². The fourth-order valence-corrected chi connectivity index (χ4v) is 5.87. The van der Waals surface area contributed by atoms with Gasteiger partial charge in [0.15, 0.2) is 0 Å². The fraction of sp³-hybridized carbons (Fsp3) is 0.394. The van der Waals surface area contributed by atoms with E-state index in [9.17, 15) is 18.0 Å². The minimum absolute atomic E-state index is 0.0934. The molecule has 3 aromatic carbocycles. The summed E-state index contributed by atoms with van der Waals surface area (Å²) < 4.78 is 27.7. The number of carbonyl (C=O) groups excluding carboxylic acids is 2. The Morgan fingerprint density at radius 2 is 1.57 bits per heavy atom. The molecule has 0 heterocycles. The van der Waals surface area contributed by atoms with Crippen molar-refractivity contribution in [2.45, 2.75) is 59.5 Å². The molecule has 7 nitrogen and oxygen atoms in total. The number of sulfonamides is 1. The zero-order valence-electron chi connectivity index (χ0n) is 25.1. The van der Waals surface area contributed by atoms with E-state index in [0.29, 0.717) is 25.1 Å². The number of halogens is 1. The number of rotatable bonds is 14. The highest BCUT2D eigenvalue weighted by atomic mass is 79.9. The average Bonchev–Trinajstić information content (AvgIpc) is 2.94. The van der Waals surface area contributed by atoms with Crippen molar-refractivity contribution >= 4 is 43.5 Å². The summed E-state index contributed by atoms with van der Waals surface area (Å²) in [4.78, 5) is 29.2. The highest BCUT2D eigenvalue weighted by molar-refractivity contribution is 9.10. The predicted molar refractivity (Wildman–Crippen MR) is 174 cm³/mol. The van der Waals surface area contributed by atoms with E-state index in [1.54, 1.807) is 11.0 Å². The maximum atomic E-state index is 13.9. The molecule has 0 aliphatic rings. The first kappa shape index (κ1) is 33.3. The molecule has 0 saturated heterocycles. The van der Waals surface area contributed by atoms with Crippen LogP contribution in [0.15, 0.2) is 77.3 Å². The Labute approximate surface area is 259 Å². The zero-order chi connectivity index (χ0) is 30.9. The van der Waals surface area contributed by atoms with Crippen LogP contribution in [0.5, 0.6) is 0 Å². The van der Waals surface area contributed by atoms with Crippen molar-refractivity contribution in [1.29, 1.82) is 0 Å². The van der Waals surface area contributed by atoms with E-state index in [1.165, 1.54) is 10.6 Å². The average molecular weight is 657 g/mol. The van der Waals surface area contributed by atoms with Crippen molar-refractivity contribution in [3.8, 4) is 0 Å². The summed E-state index contributed by atoms with van der Waals surface area (Å²) in [6.07, 6.45) is 1.95. The van der Waals surface area contributed by atoms with E-state index in [-0.39, 0.29) is 37.2 Å². The second-order valence-electron chi connectivity index (χ2n) is 11.2. The summed E-state index contributed by atoms with van der Waals surface area (Å²) in [5.41, 5.74) is 4.50. The number of benzene rings is 3. The van der Waals surface area contributed by atoms with Crippen LogP contribution in [0.4, 0.5) is 5.69 Å². The molecule has 1 unspecified atom stereocenters. The fourth-order valence-electron chi connectivity index (χ4n) is 4.65. The highest BCUT2D eigenvalue weighted by Crippen LogP contribution is 2.23. The molecule has 0 bridgehead atoms. The van der Waals surface area contributed by atoms with Crippen molar-refractivity contribution in [3.05, 3.63) is 99.5 Å². The third-order valence-electron chi connectivity index (χ3n) is 7.15. The molecule has 3 rings (SSSR count). The number of nitrogens with zero attached hydrogens (tertiary/aromatic N) is 2. The molecule has 42 heavy (non-hydrogen) atoms. The molecular weight excluding hydrogens is 614 g/mol. The van der Waals surface area contributed by atoms with E-state index < -0.39 is 16.1 Å². The van der Waals surface area contributed by atoms with Crippen LogP contribution in [-0.4, -0.2) is 50.5 Å². The molecule has 0 saturated carbocycles. The first-order chi connectivity index (χ1) is 19.8. The van der Waals surface area contributed by atoms with E-state index in [2.05, 4.69) is 21.2 Å². The standard InChI is InChI=1S/C33H42BrN3O4S/c1-24(2)22-35-33(39)31(21-27-10-7-6-8-11-27)36(23-28-14-16-29(34)17-15-28)32(38)12-9-19-37(42(5,40)41)30-18-13-25(3)26(4)20-30/h6-8,10-11,13-18,20,24,31H,9,12,19,21-23H2,1-5H3,(H,35,39). The van der Waals surface area contributed by atoms with Gasteiger partial charge in [0.2, 0.25) is 21.8 Å². The van der Waals surface area contributed by atoms with Crippen LogP contribution in [0.1, 0.15) is 48.9 Å². The van der Waals surface area contributed by atoms with Gasteiger partial charge in [0.1, 0.15) is 6.04 Å². The maximum Gasteiger partial charge on any atom is 0.243 e. The second-order valence-corrected chi connectivity index (χ2v) is 14.0. The van der Waals surface area contributed by atoms with E-state index in [0.717, 1.165) is 26.7 Å². The van der Waals surface area contributed by atoms with Gasteiger partial charge in [-0.3, -0.25) is 13.9 Å². The first-order valence-electron chi connectivity index (χ1n) is 14.3. The third-order valence-corrected chi connectivity index (χ3v) is 8.88. The first-order valence-corrected chi connectivity index (χ1v) is 16.9. The Morgan fingerprint density at radius 3 is 2.17 bits per heavy atom. The Hall–Kier alpha value is -3.17. The normalized spacial score (nSPS) is 12.2. The Morgan fingerprint density at radius 1 is 0.905 bits per heavy atom. The van der Waals surface area contributed by atoms with Crippen molar-refractivity contribution in [2.24, 2.45) is 5.92 Å². The Balaban J connectivity index is 1.88. The summed E-state index contributed by atoms with van der Waals surface area (Å²) in [6.45, 7) is 8.89. The Bertz CT molecular complexity index is 1440. The molecule has 3 aromatic rings. The molecule has 1 N–H and O–H groups in total. The number of aryl methyl sites for hydroxylation is 2. The molecule has 0 spiro atoms. The smallest absolute Gasteiger partial charge is 0.243 e. The molecule has 0 aliphatic heterocycles. The lowest BCUT2D eigenvalue weighted by Crippen LogP contribution is -2.51. The van der Waals surface area contributed by atoms with Gasteiger partial charge in [-0.25, -0.2) is 8.42 Å². The predicted octanol–water partition coefficient (Wildman–Crippen LogP) is 6.02. The van der Waals surface area contributed by atoms with Crippen LogP contribution in [0.25, 0.3) is 0 Å². The molecule has 2 amide bonds. The maximum absolute atomic E-state index is 13.9. The van der Waals surface area contributed by atoms with Crippen LogP contribution in [-0.2, 0) is 32.6 Å². The van der Waals surface area contributed by atoms with Gasteiger partial charge in [-0.15, -0.1) is 0 Å². The third kappa shape index (κ3) is 9.98. The molecule has 226 valence electrons. The summed E-state index contributed by atoms with van der Waals surface area (Å²) >= 11 is 3.46. The minimum Gasteiger partial charge on any atom is -0.354 e. The number of nitrogens with one attached hydrogen (secondary N) is 1. The topological polar surface area (TPSA) is 86.8 Å². The van der Waals surface area contributed by atoms with Crippen LogP contribution in [0.3, 0.4) is 0 Å². The van der Waals surface area contributed by atoms with E-state index >= 15 is 0 Å². The van der Waals surface area contributed by atoms with Gasteiger partial charge in [-0.1, -0.05) is 78.3 Å². The van der Waals surface area contributed by atoms with Gasteiger partial charge in [0, 0.05) is 36.9 Å². The number of anilines is 1. The molecule has 9 heteroatoms. The van der Waals surface area contributed by atoms with Gasteiger partial charge >= 0.3 is 0 Å². The lowest BCUT2D eigenvalue weighted by atomic mass is 10.0. The number of hydrogen-bond donors (Lipinski definition) is 1. The van der Waals surface area contributed by atoms with Crippen molar-refractivity contribution in [2.75, 3.05) is 23.7 Å². The largest absolute Gasteiger partial charge is 0.354 e. The number of carbonyl (C=O) groups is 2. The quantitative estimate of drug-likeness (QED) is 0.230. The monoisotopic (exact) mass is 655 g/mol. The van der Waals surface area contributed by atoms with Crippen LogP contribution < -0.4 is 9.62 Å². The van der Waals surface area contributed by atoms with Gasteiger partial charge in [0.25, 0.3) is 0 Å². The van der Waals surface area contributed by atoms with Gasteiger partial charge in [-0.05, 0) is 72.7 Å². The SMILES string of the molecule is Cc1ccc(N(CCCC(=O)N(Cc2ccc(Br)cc2)C(Cc2ccccc2)C(=O)NCC(C)C)S(C)(=O)=O)cc1C. The van der Waals surface area contributed by atoms with Gasteiger partial charge < -0.3 is 10.2 Å². The molecule has 0 fully saturated rings. The van der Waals surface area contributed by atoms with Crippen LogP contribution in [0, 0.1) is 19.8 Å². The van der Waals surface area contributed by atoms with Crippen molar-refractivity contribution < 1.29 is 18.0 Å². The summed E-state index contributed by atoms with van der Waals surface area (Å²) in [7, 11) is -3.56. The van der Waals surface area contributed by atoms with Gasteiger partial charge in [0.05, 0.1) is 11.9 Å². The lowest BCUT2D eigenvalue weighted by Gasteiger charge is -2.32. The number of amides is 2. The lowest BCUT2D eigenvalue weighted by molar-refractivity contribution is -0.141. The highest BCUT2D eigenvalue weighted by Gasteiger charge is 2.30. The van der Waals surface area contributed by atoms with Crippen LogP contribution in [0.2, 0.25) is 0 Å². The molecule has 0 aliphatic carbocycles. The van der Waals surface area contributed by atoms with E-state index in [1.807, 2.05) is 94.4 Å².